The van der Waals surface area contributed by atoms with Crippen molar-refractivity contribution in [2.45, 2.75) is 78.7 Å². The summed E-state index contributed by atoms with van der Waals surface area (Å²) in [5.41, 5.74) is 8.30. The summed E-state index contributed by atoms with van der Waals surface area (Å²) in [5, 5.41) is 14.0. The number of aliphatic hydroxyl groups is 1. The summed E-state index contributed by atoms with van der Waals surface area (Å²) in [5.74, 6) is 0.961. The molecule has 0 aromatic heterocycles. The molecule has 0 radical (unpaired) electrons. The third kappa shape index (κ3) is 3.78. The predicted molar refractivity (Wildman–Crippen MR) is 106 cm³/mol. The molecule has 1 aliphatic heterocycles. The van der Waals surface area contributed by atoms with Crippen molar-refractivity contribution in [2.24, 2.45) is 5.92 Å². The second kappa shape index (κ2) is 7.68. The van der Waals surface area contributed by atoms with Crippen molar-refractivity contribution in [1.29, 1.82) is 0 Å². The molecule has 1 aromatic carbocycles. The number of aryl methyl sites for hydroxylation is 2. The van der Waals surface area contributed by atoms with Crippen LogP contribution in [0.3, 0.4) is 0 Å². The van der Waals surface area contributed by atoms with Gasteiger partial charge in [-0.15, -0.1) is 0 Å². The Hall–Kier alpha value is -1.70. The van der Waals surface area contributed by atoms with Crippen molar-refractivity contribution in [3.63, 3.8) is 0 Å². The Kier molecular flexibility index (Phi) is 5.56. The first kappa shape index (κ1) is 18.1. The maximum absolute atomic E-state index is 10.4. The Bertz CT molecular complexity index is 693. The molecule has 1 fully saturated rings. The number of benzene rings is 1. The molecule has 2 heteroatoms. The molecule has 0 saturated heterocycles. The van der Waals surface area contributed by atoms with Crippen molar-refractivity contribution in [3.05, 3.63) is 57.5 Å². The van der Waals surface area contributed by atoms with Gasteiger partial charge in [-0.3, -0.25) is 0 Å². The van der Waals surface area contributed by atoms with Crippen LogP contribution in [0.5, 0.6) is 0 Å². The van der Waals surface area contributed by atoms with Gasteiger partial charge in [-0.25, -0.2) is 0 Å². The molecule has 25 heavy (non-hydrogen) atoms. The van der Waals surface area contributed by atoms with Crippen molar-refractivity contribution < 1.29 is 5.11 Å². The van der Waals surface area contributed by atoms with Gasteiger partial charge in [-0.2, -0.15) is 0 Å². The van der Waals surface area contributed by atoms with E-state index < -0.39 is 0 Å². The van der Waals surface area contributed by atoms with Crippen molar-refractivity contribution in [2.75, 3.05) is 0 Å². The molecule has 0 amide bonds. The number of hydrogen-bond acceptors (Lipinski definition) is 2. The van der Waals surface area contributed by atoms with Crippen LogP contribution in [0.25, 0.3) is 0 Å². The summed E-state index contributed by atoms with van der Waals surface area (Å²) in [6, 6.07) is 2.61. The van der Waals surface area contributed by atoms with E-state index in [9.17, 15) is 5.11 Å². The molecule has 1 aliphatic carbocycles. The van der Waals surface area contributed by atoms with Gasteiger partial charge in [-0.05, 0) is 80.3 Å². The molecule has 136 valence electrons. The van der Waals surface area contributed by atoms with Gasteiger partial charge in [0.15, 0.2) is 0 Å². The number of hydrogen-bond donors (Lipinski definition) is 2. The maximum Gasteiger partial charge on any atom is 0.134 e. The standard InChI is InChI=1S/C23H33NO/c1-5-20-15(2)13-16(3)21(17(20)4)14-19-11-12-22(25)23(24-19)18-9-7-6-8-10-18/h11-13,18-19,24-25H,5-10,14H2,1-4H3. The Morgan fingerprint density at radius 2 is 1.72 bits per heavy atom. The lowest BCUT2D eigenvalue weighted by Crippen LogP contribution is -2.36. The number of aliphatic hydroxyl groups excluding tert-OH is 1. The summed E-state index contributed by atoms with van der Waals surface area (Å²) < 4.78 is 0. The van der Waals surface area contributed by atoms with Gasteiger partial charge in [0.05, 0.1) is 5.70 Å². The van der Waals surface area contributed by atoms with Crippen molar-refractivity contribution in [3.8, 4) is 0 Å². The summed E-state index contributed by atoms with van der Waals surface area (Å²) >= 11 is 0. The largest absolute Gasteiger partial charge is 0.506 e. The molecular formula is C23H33NO. The molecular weight excluding hydrogens is 306 g/mol. The van der Waals surface area contributed by atoms with Gasteiger partial charge >= 0.3 is 0 Å². The SMILES string of the molecule is CCc1c(C)cc(C)c(CC2C=CC(O)=C(C3CCCCC3)N2)c1C. The number of rotatable bonds is 4. The maximum atomic E-state index is 10.4. The van der Waals surface area contributed by atoms with Gasteiger partial charge in [0.25, 0.3) is 0 Å². The normalized spacial score (nSPS) is 21.5. The average Bonchev–Trinajstić information content (AvgIpc) is 2.61. The van der Waals surface area contributed by atoms with Crippen molar-refractivity contribution in [1.82, 2.24) is 5.32 Å². The zero-order valence-electron chi connectivity index (χ0n) is 16.3. The van der Waals surface area contributed by atoms with Gasteiger partial charge in [0, 0.05) is 12.0 Å². The predicted octanol–water partition coefficient (Wildman–Crippen LogP) is 5.59. The highest BCUT2D eigenvalue weighted by molar-refractivity contribution is 5.45. The highest BCUT2D eigenvalue weighted by atomic mass is 16.3. The van der Waals surface area contributed by atoms with E-state index in [1.54, 1.807) is 0 Å². The molecule has 3 rings (SSSR count). The average molecular weight is 340 g/mol. The lowest BCUT2D eigenvalue weighted by Gasteiger charge is -2.31. The van der Waals surface area contributed by atoms with Crippen molar-refractivity contribution >= 4 is 0 Å². The Balaban J connectivity index is 1.80. The van der Waals surface area contributed by atoms with E-state index in [2.05, 4.69) is 45.2 Å². The van der Waals surface area contributed by atoms with Crippen LogP contribution in [-0.2, 0) is 12.8 Å². The highest BCUT2D eigenvalue weighted by Crippen LogP contribution is 2.32. The third-order valence-corrected chi connectivity index (χ3v) is 6.18. The quantitative estimate of drug-likeness (QED) is 0.749. The highest BCUT2D eigenvalue weighted by Gasteiger charge is 2.25. The molecule has 0 bridgehead atoms. The summed E-state index contributed by atoms with van der Waals surface area (Å²) in [6.45, 7) is 8.98. The zero-order chi connectivity index (χ0) is 18.0. The Morgan fingerprint density at radius 1 is 1.04 bits per heavy atom. The molecule has 0 spiro atoms. The second-order valence-electron chi connectivity index (χ2n) is 7.89. The minimum Gasteiger partial charge on any atom is -0.506 e. The smallest absolute Gasteiger partial charge is 0.134 e. The Labute approximate surface area is 153 Å². The molecule has 2 aliphatic rings. The number of allylic oxidation sites excluding steroid dienone is 2. The monoisotopic (exact) mass is 339 g/mol. The fourth-order valence-corrected chi connectivity index (χ4v) is 4.81. The fourth-order valence-electron chi connectivity index (χ4n) is 4.81. The zero-order valence-corrected chi connectivity index (χ0v) is 16.3. The minimum atomic E-state index is 0.276. The van der Waals surface area contributed by atoms with E-state index in [4.69, 9.17) is 0 Å². The summed E-state index contributed by atoms with van der Waals surface area (Å²) in [6.07, 6.45) is 12.5. The topological polar surface area (TPSA) is 32.3 Å². The Morgan fingerprint density at radius 3 is 2.40 bits per heavy atom. The van der Waals surface area contributed by atoms with E-state index in [0.717, 1.165) is 18.5 Å². The minimum absolute atomic E-state index is 0.276. The van der Waals surface area contributed by atoms with Crippen LogP contribution in [-0.4, -0.2) is 11.1 Å². The van der Waals surface area contributed by atoms with Crippen LogP contribution in [0.4, 0.5) is 0 Å². The van der Waals surface area contributed by atoms with E-state index in [-0.39, 0.29) is 6.04 Å². The molecule has 1 atom stereocenters. The molecule has 1 unspecified atom stereocenters. The molecule has 1 heterocycles. The van der Waals surface area contributed by atoms with E-state index in [1.807, 2.05) is 6.08 Å². The van der Waals surface area contributed by atoms with E-state index >= 15 is 0 Å². The number of dihydropyridines is 1. The van der Waals surface area contributed by atoms with Gasteiger partial charge in [-0.1, -0.05) is 38.3 Å². The van der Waals surface area contributed by atoms with Gasteiger partial charge in [0.1, 0.15) is 5.76 Å². The van der Waals surface area contributed by atoms with Crippen LogP contribution in [0.1, 0.15) is 66.8 Å². The summed E-state index contributed by atoms with van der Waals surface area (Å²) in [4.78, 5) is 0. The summed E-state index contributed by atoms with van der Waals surface area (Å²) in [7, 11) is 0. The van der Waals surface area contributed by atoms with Crippen LogP contribution in [0, 0.1) is 26.7 Å². The molecule has 2 nitrogen and oxygen atoms in total. The van der Waals surface area contributed by atoms with Crippen LogP contribution in [0.15, 0.2) is 29.7 Å². The van der Waals surface area contributed by atoms with Crippen LogP contribution < -0.4 is 5.32 Å². The van der Waals surface area contributed by atoms with Crippen LogP contribution >= 0.6 is 0 Å². The fraction of sp³-hybridized carbons (Fsp3) is 0.565. The first-order valence-electron chi connectivity index (χ1n) is 9.97. The molecule has 2 N–H and O–H groups in total. The molecule has 1 saturated carbocycles. The number of nitrogens with one attached hydrogen (secondary N) is 1. The first-order valence-corrected chi connectivity index (χ1v) is 9.97. The lowest BCUT2D eigenvalue weighted by atomic mass is 9.84. The first-order chi connectivity index (χ1) is 12.0. The second-order valence-corrected chi connectivity index (χ2v) is 7.89. The van der Waals surface area contributed by atoms with E-state index in [0.29, 0.717) is 11.7 Å². The third-order valence-electron chi connectivity index (χ3n) is 6.18. The van der Waals surface area contributed by atoms with E-state index in [1.165, 1.54) is 59.9 Å². The lowest BCUT2D eigenvalue weighted by molar-refractivity contribution is 0.339. The van der Waals surface area contributed by atoms with Gasteiger partial charge in [0.2, 0.25) is 0 Å². The van der Waals surface area contributed by atoms with Gasteiger partial charge < -0.3 is 10.4 Å². The van der Waals surface area contributed by atoms with Crippen LogP contribution in [0.2, 0.25) is 0 Å². The molecule has 1 aromatic rings.